The quantitative estimate of drug-likeness (QED) is 0.638. The Balaban J connectivity index is 1.73. The van der Waals surface area contributed by atoms with E-state index in [2.05, 4.69) is 9.99 Å². The molecule has 3 rings (SSSR count). The molecule has 116 valence electrons. The Labute approximate surface area is 132 Å². The minimum Gasteiger partial charge on any atom is -0.489 e. The van der Waals surface area contributed by atoms with E-state index >= 15 is 0 Å². The van der Waals surface area contributed by atoms with Crippen molar-refractivity contribution in [1.29, 1.82) is 0 Å². The van der Waals surface area contributed by atoms with Crippen molar-refractivity contribution in [1.82, 2.24) is 0 Å². The van der Waals surface area contributed by atoms with Crippen molar-refractivity contribution in [3.05, 3.63) is 71.0 Å². The van der Waals surface area contributed by atoms with Crippen LogP contribution in [0.3, 0.4) is 0 Å². The Hall–Kier alpha value is -2.95. The third kappa shape index (κ3) is 3.63. The Bertz CT molecular complexity index is 794. The summed E-state index contributed by atoms with van der Waals surface area (Å²) in [6, 6.07) is 13.5. The number of ether oxygens (including phenoxy) is 1. The molecule has 0 radical (unpaired) electrons. The van der Waals surface area contributed by atoms with Crippen molar-refractivity contribution in [2.75, 3.05) is 0 Å². The molecular formula is C18H14FNO3. The van der Waals surface area contributed by atoms with Crippen molar-refractivity contribution in [3.63, 3.8) is 0 Å². The molecule has 1 aliphatic heterocycles. The van der Waals surface area contributed by atoms with E-state index in [0.717, 1.165) is 11.1 Å². The summed E-state index contributed by atoms with van der Waals surface area (Å²) in [6.07, 6.45) is 1.71. The van der Waals surface area contributed by atoms with Gasteiger partial charge < -0.3 is 9.57 Å². The van der Waals surface area contributed by atoms with Gasteiger partial charge in [0.05, 0.1) is 11.3 Å². The van der Waals surface area contributed by atoms with Crippen LogP contribution in [-0.2, 0) is 16.2 Å². The molecule has 0 saturated carbocycles. The van der Waals surface area contributed by atoms with Gasteiger partial charge in [0.1, 0.15) is 18.2 Å². The number of hydrogen-bond donors (Lipinski definition) is 0. The zero-order chi connectivity index (χ0) is 16.2. The second kappa shape index (κ2) is 6.44. The maximum Gasteiger partial charge on any atom is 0.367 e. The Morgan fingerprint density at radius 3 is 2.70 bits per heavy atom. The fourth-order valence-corrected chi connectivity index (χ4v) is 2.13. The molecule has 1 heterocycles. The highest BCUT2D eigenvalue weighted by molar-refractivity contribution is 6.24. The van der Waals surface area contributed by atoms with Crippen LogP contribution in [-0.4, -0.2) is 11.7 Å². The lowest BCUT2D eigenvalue weighted by molar-refractivity contribution is -0.136. The monoisotopic (exact) mass is 311 g/mol. The fraction of sp³-hybridized carbons (Fsp3) is 0.111. The topological polar surface area (TPSA) is 47.9 Å². The van der Waals surface area contributed by atoms with Crippen LogP contribution in [0, 0.1) is 5.82 Å². The summed E-state index contributed by atoms with van der Waals surface area (Å²) in [7, 11) is 0. The van der Waals surface area contributed by atoms with Crippen molar-refractivity contribution >= 4 is 17.8 Å². The van der Waals surface area contributed by atoms with E-state index in [1.54, 1.807) is 25.1 Å². The molecule has 4 nitrogen and oxygen atoms in total. The first kappa shape index (κ1) is 15.0. The molecule has 0 unspecified atom stereocenters. The zero-order valence-corrected chi connectivity index (χ0v) is 12.5. The zero-order valence-electron chi connectivity index (χ0n) is 12.5. The first-order valence-electron chi connectivity index (χ1n) is 7.07. The second-order valence-corrected chi connectivity index (χ2v) is 5.10. The summed E-state index contributed by atoms with van der Waals surface area (Å²) < 4.78 is 18.6. The van der Waals surface area contributed by atoms with Crippen LogP contribution >= 0.6 is 0 Å². The Morgan fingerprint density at radius 1 is 1.22 bits per heavy atom. The largest absolute Gasteiger partial charge is 0.489 e. The van der Waals surface area contributed by atoms with Crippen LogP contribution in [0.1, 0.15) is 18.1 Å². The highest BCUT2D eigenvalue weighted by Crippen LogP contribution is 2.20. The molecule has 0 aliphatic carbocycles. The van der Waals surface area contributed by atoms with Gasteiger partial charge in [-0.3, -0.25) is 0 Å². The van der Waals surface area contributed by atoms with Crippen LogP contribution < -0.4 is 4.74 Å². The Kier molecular flexibility index (Phi) is 4.19. The van der Waals surface area contributed by atoms with E-state index < -0.39 is 5.97 Å². The van der Waals surface area contributed by atoms with Crippen molar-refractivity contribution < 1.29 is 18.8 Å². The average molecular weight is 311 g/mol. The van der Waals surface area contributed by atoms with Gasteiger partial charge in [-0.05, 0) is 48.4 Å². The molecule has 0 bridgehead atoms. The predicted molar refractivity (Wildman–Crippen MR) is 84.4 cm³/mol. The number of carbonyl (C=O) groups excluding carboxylic acids is 1. The number of halogens is 1. The number of carbonyl (C=O) groups is 1. The molecule has 0 aromatic heterocycles. The lowest BCUT2D eigenvalue weighted by atomic mass is 10.1. The maximum absolute atomic E-state index is 12.9. The molecule has 0 atom stereocenters. The molecule has 23 heavy (non-hydrogen) atoms. The SMILES string of the molecule is CC1=NOC(=O)/C1=C/c1cccc(OCc2ccc(F)cc2)c1. The van der Waals surface area contributed by atoms with Crippen LogP contribution in [0.2, 0.25) is 0 Å². The minimum absolute atomic E-state index is 0.275. The summed E-state index contributed by atoms with van der Waals surface area (Å²) in [5.74, 6) is -0.0763. The van der Waals surface area contributed by atoms with Gasteiger partial charge >= 0.3 is 5.97 Å². The lowest BCUT2D eigenvalue weighted by Gasteiger charge is -2.07. The van der Waals surface area contributed by atoms with Crippen LogP contribution in [0.25, 0.3) is 6.08 Å². The molecule has 5 heteroatoms. The fourth-order valence-electron chi connectivity index (χ4n) is 2.13. The molecule has 1 aliphatic rings. The van der Waals surface area contributed by atoms with E-state index in [-0.39, 0.29) is 5.82 Å². The van der Waals surface area contributed by atoms with Gasteiger partial charge in [-0.2, -0.15) is 0 Å². The molecule has 0 fully saturated rings. The third-order valence-corrected chi connectivity index (χ3v) is 3.36. The van der Waals surface area contributed by atoms with Crippen molar-refractivity contribution in [2.24, 2.45) is 5.16 Å². The summed E-state index contributed by atoms with van der Waals surface area (Å²) in [6.45, 7) is 2.05. The van der Waals surface area contributed by atoms with E-state index in [4.69, 9.17) is 4.74 Å². The molecule has 0 N–H and O–H groups in total. The van der Waals surface area contributed by atoms with Gasteiger partial charge in [-0.25, -0.2) is 9.18 Å². The summed E-state index contributed by atoms with van der Waals surface area (Å²) >= 11 is 0. The third-order valence-electron chi connectivity index (χ3n) is 3.36. The van der Waals surface area contributed by atoms with Crippen LogP contribution in [0.5, 0.6) is 5.75 Å². The average Bonchev–Trinajstić information content (AvgIpc) is 2.87. The van der Waals surface area contributed by atoms with Crippen LogP contribution in [0.4, 0.5) is 4.39 Å². The van der Waals surface area contributed by atoms with Gasteiger partial charge in [-0.1, -0.05) is 29.4 Å². The van der Waals surface area contributed by atoms with Crippen molar-refractivity contribution in [3.8, 4) is 5.75 Å². The summed E-state index contributed by atoms with van der Waals surface area (Å²) in [5.41, 5.74) is 2.66. The number of hydrogen-bond acceptors (Lipinski definition) is 4. The highest BCUT2D eigenvalue weighted by Gasteiger charge is 2.21. The molecule has 0 saturated heterocycles. The summed E-state index contributed by atoms with van der Waals surface area (Å²) in [4.78, 5) is 16.2. The number of nitrogens with zero attached hydrogens (tertiary/aromatic N) is 1. The van der Waals surface area contributed by atoms with Gasteiger partial charge in [0.2, 0.25) is 0 Å². The second-order valence-electron chi connectivity index (χ2n) is 5.10. The standard InChI is InChI=1S/C18H14FNO3/c1-12-17(18(21)23-20-12)10-14-3-2-4-16(9-14)22-11-13-5-7-15(19)8-6-13/h2-10H,11H2,1H3/b17-10+. The normalized spacial score (nSPS) is 15.5. The van der Waals surface area contributed by atoms with E-state index in [0.29, 0.717) is 23.6 Å². The Morgan fingerprint density at radius 2 is 2.00 bits per heavy atom. The van der Waals surface area contributed by atoms with E-state index in [9.17, 15) is 9.18 Å². The number of benzene rings is 2. The van der Waals surface area contributed by atoms with Crippen LogP contribution in [0.15, 0.2) is 59.3 Å². The molecule has 0 spiro atoms. The predicted octanol–water partition coefficient (Wildman–Crippen LogP) is 3.72. The minimum atomic E-state index is -0.458. The highest BCUT2D eigenvalue weighted by atomic mass is 19.1. The van der Waals surface area contributed by atoms with Crippen molar-refractivity contribution in [2.45, 2.75) is 13.5 Å². The first-order valence-corrected chi connectivity index (χ1v) is 7.07. The molecular weight excluding hydrogens is 297 g/mol. The molecule has 0 amide bonds. The smallest absolute Gasteiger partial charge is 0.367 e. The number of oxime groups is 1. The lowest BCUT2D eigenvalue weighted by Crippen LogP contribution is -2.01. The van der Waals surface area contributed by atoms with E-state index in [1.807, 2.05) is 24.3 Å². The van der Waals surface area contributed by atoms with Gasteiger partial charge in [0.25, 0.3) is 0 Å². The molecule has 2 aromatic carbocycles. The maximum atomic E-state index is 12.9. The number of rotatable bonds is 4. The summed E-state index contributed by atoms with van der Waals surface area (Å²) in [5, 5.41) is 3.64. The van der Waals surface area contributed by atoms with Gasteiger partial charge in [0.15, 0.2) is 0 Å². The molecule has 2 aromatic rings. The van der Waals surface area contributed by atoms with Gasteiger partial charge in [0, 0.05) is 0 Å². The van der Waals surface area contributed by atoms with E-state index in [1.165, 1.54) is 12.1 Å². The van der Waals surface area contributed by atoms with Gasteiger partial charge in [-0.15, -0.1) is 0 Å². The first-order chi connectivity index (χ1) is 11.1.